The maximum atomic E-state index is 13.2. The second-order valence-corrected chi connectivity index (χ2v) is 9.95. The molecule has 0 aliphatic carbocycles. The van der Waals surface area contributed by atoms with Gasteiger partial charge in [-0.2, -0.15) is 0 Å². The van der Waals surface area contributed by atoms with Gasteiger partial charge in [-0.3, -0.25) is 9.52 Å². The van der Waals surface area contributed by atoms with Crippen LogP contribution in [-0.4, -0.2) is 34.1 Å². The number of fused-ring (bicyclic) bond motifs is 1. The van der Waals surface area contributed by atoms with E-state index in [9.17, 15) is 13.2 Å². The maximum absolute atomic E-state index is 13.2. The highest BCUT2D eigenvalue weighted by Gasteiger charge is 2.37. The second kappa shape index (κ2) is 8.78. The Bertz CT molecular complexity index is 1080. The van der Waals surface area contributed by atoms with Crippen LogP contribution in [-0.2, 0) is 14.8 Å². The van der Waals surface area contributed by atoms with Crippen molar-refractivity contribution in [2.24, 2.45) is 5.41 Å². The van der Waals surface area contributed by atoms with Gasteiger partial charge in [0, 0.05) is 6.54 Å². The number of nitrogens with zero attached hydrogens (tertiary/aromatic N) is 1. The van der Waals surface area contributed by atoms with Gasteiger partial charge in [0.1, 0.15) is 23.0 Å². The lowest BCUT2D eigenvalue weighted by atomic mass is 9.93. The number of sulfonamides is 1. The molecule has 0 spiro atoms. The van der Waals surface area contributed by atoms with Gasteiger partial charge in [0.2, 0.25) is 5.91 Å². The number of amides is 1. The van der Waals surface area contributed by atoms with Crippen LogP contribution < -0.4 is 19.1 Å². The third-order valence-corrected chi connectivity index (χ3v) is 6.45. The first-order valence-electron chi connectivity index (χ1n) is 10.4. The van der Waals surface area contributed by atoms with E-state index in [1.54, 1.807) is 48.2 Å². The molecule has 0 atom stereocenters. The monoisotopic (exact) mass is 446 g/mol. The Morgan fingerprint density at radius 1 is 1.16 bits per heavy atom. The topological polar surface area (TPSA) is 84.9 Å². The smallest absolute Gasteiger partial charge is 0.265 e. The highest BCUT2D eigenvalue weighted by Crippen LogP contribution is 2.39. The lowest BCUT2D eigenvalue weighted by Crippen LogP contribution is -2.42. The maximum Gasteiger partial charge on any atom is 0.265 e. The molecular formula is C23H30N2O5S. The van der Waals surface area contributed by atoms with Crippen LogP contribution in [0.3, 0.4) is 0 Å². The summed E-state index contributed by atoms with van der Waals surface area (Å²) in [5.74, 6) is 0.800. The van der Waals surface area contributed by atoms with E-state index < -0.39 is 15.4 Å². The molecule has 1 amide bonds. The van der Waals surface area contributed by atoms with Crippen molar-refractivity contribution in [3.8, 4) is 11.5 Å². The van der Waals surface area contributed by atoms with E-state index in [2.05, 4.69) is 4.72 Å². The van der Waals surface area contributed by atoms with Gasteiger partial charge in [-0.05, 0) is 70.0 Å². The minimum Gasteiger partial charge on any atom is -0.492 e. The summed E-state index contributed by atoms with van der Waals surface area (Å²) in [6.45, 7) is 10.4. The number of benzene rings is 2. The summed E-state index contributed by atoms with van der Waals surface area (Å²) in [5, 5.41) is 0. The van der Waals surface area contributed by atoms with Gasteiger partial charge < -0.3 is 14.4 Å². The molecule has 8 heteroatoms. The summed E-state index contributed by atoms with van der Waals surface area (Å²) < 4.78 is 40.3. The molecule has 0 fully saturated rings. The van der Waals surface area contributed by atoms with Crippen molar-refractivity contribution in [2.45, 2.75) is 45.9 Å². The molecule has 1 heterocycles. The molecule has 2 aromatic carbocycles. The molecule has 168 valence electrons. The van der Waals surface area contributed by atoms with Gasteiger partial charge in [-0.15, -0.1) is 0 Å². The van der Waals surface area contributed by atoms with Crippen molar-refractivity contribution in [1.29, 1.82) is 0 Å². The zero-order valence-corrected chi connectivity index (χ0v) is 19.5. The molecule has 0 bridgehead atoms. The number of anilines is 2. The van der Waals surface area contributed by atoms with Crippen LogP contribution in [0.2, 0.25) is 0 Å². The van der Waals surface area contributed by atoms with Gasteiger partial charge in [-0.1, -0.05) is 13.0 Å². The Morgan fingerprint density at radius 2 is 1.90 bits per heavy atom. The number of aryl methyl sites for hydroxylation is 1. The number of hydrogen-bond donors (Lipinski definition) is 1. The predicted octanol–water partition coefficient (Wildman–Crippen LogP) is 4.36. The largest absolute Gasteiger partial charge is 0.492 e. The van der Waals surface area contributed by atoms with Crippen LogP contribution >= 0.6 is 0 Å². The molecule has 1 aliphatic heterocycles. The third-order valence-electron chi connectivity index (χ3n) is 5.05. The summed E-state index contributed by atoms with van der Waals surface area (Å²) in [6, 6.07) is 10.0. The average molecular weight is 447 g/mol. The van der Waals surface area contributed by atoms with E-state index in [-0.39, 0.29) is 17.4 Å². The number of ether oxygens (including phenoxy) is 2. The summed E-state index contributed by atoms with van der Waals surface area (Å²) in [7, 11) is -3.91. The number of carbonyl (C=O) groups is 1. The Hall–Kier alpha value is -2.74. The van der Waals surface area contributed by atoms with E-state index in [4.69, 9.17) is 9.47 Å². The molecule has 7 nitrogen and oxygen atoms in total. The molecule has 1 N–H and O–H groups in total. The Balaban J connectivity index is 2.01. The first-order chi connectivity index (χ1) is 14.6. The molecule has 0 saturated carbocycles. The molecule has 31 heavy (non-hydrogen) atoms. The highest BCUT2D eigenvalue weighted by molar-refractivity contribution is 7.92. The molecule has 0 saturated heterocycles. The Labute approximate surface area is 184 Å². The minimum absolute atomic E-state index is 0.0505. The standard InChI is InChI=1S/C23H30N2O5S/c1-6-12-25-18-14-17(9-11-19(18)30-15-23(4,5)22(25)26)24-31(27,28)21-13-16(3)8-10-20(21)29-7-2/h8-11,13-14,24H,6-7,12,15H2,1-5H3. The van der Waals surface area contributed by atoms with Crippen molar-refractivity contribution in [1.82, 2.24) is 0 Å². The normalized spacial score (nSPS) is 15.6. The second-order valence-electron chi connectivity index (χ2n) is 8.30. The van der Waals surface area contributed by atoms with E-state index in [0.717, 1.165) is 12.0 Å². The van der Waals surface area contributed by atoms with Gasteiger partial charge >= 0.3 is 0 Å². The Kier molecular flexibility index (Phi) is 6.50. The quantitative estimate of drug-likeness (QED) is 0.683. The van der Waals surface area contributed by atoms with E-state index in [1.165, 1.54) is 0 Å². The summed E-state index contributed by atoms with van der Waals surface area (Å²) in [4.78, 5) is 14.8. The van der Waals surface area contributed by atoms with Gasteiger partial charge in [0.05, 0.1) is 23.4 Å². The number of hydrogen-bond acceptors (Lipinski definition) is 5. The molecule has 0 radical (unpaired) electrons. The number of nitrogens with one attached hydrogen (secondary N) is 1. The van der Waals surface area contributed by atoms with Crippen LogP contribution in [0.25, 0.3) is 0 Å². The fourth-order valence-electron chi connectivity index (χ4n) is 3.46. The predicted molar refractivity (Wildman–Crippen MR) is 122 cm³/mol. The van der Waals surface area contributed by atoms with Crippen LogP contribution in [0.1, 0.15) is 39.7 Å². The van der Waals surface area contributed by atoms with Gasteiger partial charge in [-0.25, -0.2) is 8.42 Å². The van der Waals surface area contributed by atoms with Crippen molar-refractivity contribution >= 4 is 27.3 Å². The molecule has 0 aromatic heterocycles. The fourth-order valence-corrected chi connectivity index (χ4v) is 4.74. The van der Waals surface area contributed by atoms with E-state index in [0.29, 0.717) is 36.0 Å². The van der Waals surface area contributed by atoms with Gasteiger partial charge in [0.15, 0.2) is 0 Å². The Morgan fingerprint density at radius 3 is 2.58 bits per heavy atom. The zero-order valence-electron chi connectivity index (χ0n) is 18.7. The van der Waals surface area contributed by atoms with Crippen LogP contribution in [0, 0.1) is 12.3 Å². The van der Waals surface area contributed by atoms with Crippen molar-refractivity contribution < 1.29 is 22.7 Å². The fraction of sp³-hybridized carbons (Fsp3) is 0.435. The third kappa shape index (κ3) is 4.79. The molecular weight excluding hydrogens is 416 g/mol. The molecule has 2 aromatic rings. The SMILES string of the molecule is CCCN1C(=O)C(C)(C)COc2ccc(NS(=O)(=O)c3cc(C)ccc3OCC)cc21. The van der Waals surface area contributed by atoms with E-state index >= 15 is 0 Å². The molecule has 1 aliphatic rings. The van der Waals surface area contributed by atoms with Crippen molar-refractivity contribution in [2.75, 3.05) is 29.4 Å². The minimum atomic E-state index is -3.91. The number of carbonyl (C=O) groups excluding carboxylic acids is 1. The lowest BCUT2D eigenvalue weighted by Gasteiger charge is -2.28. The van der Waals surface area contributed by atoms with Gasteiger partial charge in [0.25, 0.3) is 10.0 Å². The highest BCUT2D eigenvalue weighted by atomic mass is 32.2. The first-order valence-corrected chi connectivity index (χ1v) is 11.9. The summed E-state index contributed by atoms with van der Waals surface area (Å²) in [6.07, 6.45) is 0.762. The van der Waals surface area contributed by atoms with E-state index in [1.807, 2.05) is 27.7 Å². The zero-order chi connectivity index (χ0) is 22.8. The molecule has 3 rings (SSSR count). The van der Waals surface area contributed by atoms with Crippen LogP contribution in [0.5, 0.6) is 11.5 Å². The first kappa shape index (κ1) is 22.9. The van der Waals surface area contributed by atoms with Crippen LogP contribution in [0.15, 0.2) is 41.3 Å². The van der Waals surface area contributed by atoms with Crippen LogP contribution in [0.4, 0.5) is 11.4 Å². The molecule has 0 unspecified atom stereocenters. The summed E-state index contributed by atoms with van der Waals surface area (Å²) >= 11 is 0. The number of rotatable bonds is 7. The average Bonchev–Trinajstić information content (AvgIpc) is 2.79. The van der Waals surface area contributed by atoms with Crippen molar-refractivity contribution in [3.05, 3.63) is 42.0 Å². The lowest BCUT2D eigenvalue weighted by molar-refractivity contribution is -0.127. The summed E-state index contributed by atoms with van der Waals surface area (Å²) in [5.41, 5.74) is 1.04. The van der Waals surface area contributed by atoms with Crippen molar-refractivity contribution in [3.63, 3.8) is 0 Å².